The number of nitrogens with one attached hydrogen (secondary N) is 1. The molecule has 736 valence electrons. The smallest absolute Gasteiger partial charge is 0.223 e. The summed E-state index contributed by atoms with van der Waals surface area (Å²) in [7, 11) is 10.7. The van der Waals surface area contributed by atoms with Crippen molar-refractivity contribution in [3.63, 3.8) is 0 Å². The van der Waals surface area contributed by atoms with Crippen LogP contribution in [-0.4, -0.2) is 178 Å². The van der Waals surface area contributed by atoms with Crippen molar-refractivity contribution in [2.75, 3.05) is 61.9 Å². The van der Waals surface area contributed by atoms with Gasteiger partial charge in [0, 0.05) is 99.5 Å². The van der Waals surface area contributed by atoms with Crippen molar-refractivity contribution in [1.82, 2.24) is 20.0 Å². The van der Waals surface area contributed by atoms with Gasteiger partial charge in [-0.15, -0.1) is 0 Å². The normalized spacial score (nSPS) is 12.2. The summed E-state index contributed by atoms with van der Waals surface area (Å²) in [5, 5.41) is 8.95. The number of rotatable bonds is 20. The summed E-state index contributed by atoms with van der Waals surface area (Å²) in [6, 6.07) is 52.7. The van der Waals surface area contributed by atoms with Crippen LogP contribution in [0.2, 0.25) is 55.2 Å². The predicted molar refractivity (Wildman–Crippen MR) is 580 cm³/mol. The van der Waals surface area contributed by atoms with E-state index in [0.29, 0.717) is 132 Å². The van der Waals surface area contributed by atoms with Crippen LogP contribution in [0.25, 0.3) is 0 Å². The number of hydrogen-bond donors (Lipinski definition) is 20. The van der Waals surface area contributed by atoms with Crippen LogP contribution in [0.15, 0.2) is 256 Å². The first-order chi connectivity index (χ1) is 63.9. The highest BCUT2D eigenvalue weighted by atomic mass is 35.5. The Morgan fingerprint density at radius 3 is 0.956 bits per heavy atom. The molecule has 39 N–H and O–H groups in total. The van der Waals surface area contributed by atoms with E-state index >= 15 is 0 Å². The van der Waals surface area contributed by atoms with E-state index in [1.54, 1.807) is 136 Å². The number of guanidine groups is 15. The van der Waals surface area contributed by atoms with Crippen LogP contribution in [0.4, 0.5) is 11.4 Å². The molecule has 8 rings (SSSR count). The largest absolute Gasteiger partial charge is 0.387 e. The fourth-order valence-corrected chi connectivity index (χ4v) is 11.1. The van der Waals surface area contributed by atoms with E-state index in [-0.39, 0.29) is 77.6 Å². The Balaban J connectivity index is 0.000000778. The number of hydrogen-bond acceptors (Lipinski definition) is 9. The molecule has 0 aliphatic carbocycles. The molecule has 0 heterocycles. The maximum Gasteiger partial charge on any atom is 0.223 e. The highest BCUT2D eigenvalue weighted by Crippen LogP contribution is 2.28. The van der Waals surface area contributed by atoms with Crippen LogP contribution in [0.5, 0.6) is 0 Å². The first-order valence-corrected chi connectivity index (χ1v) is 44.3. The lowest BCUT2D eigenvalue weighted by Gasteiger charge is -2.09. The summed E-state index contributed by atoms with van der Waals surface area (Å²) in [5.41, 5.74) is 111. The number of aliphatic imine (C=N–C) groups is 16. The Bertz CT molecular complexity index is 5570. The van der Waals surface area contributed by atoms with Crippen LogP contribution in [-0.2, 0) is 38.9 Å². The van der Waals surface area contributed by atoms with E-state index in [4.69, 9.17) is 237 Å². The van der Waals surface area contributed by atoms with Gasteiger partial charge < -0.3 is 124 Å². The van der Waals surface area contributed by atoms with Crippen LogP contribution >= 0.6 is 128 Å². The Labute approximate surface area is 848 Å². The van der Waals surface area contributed by atoms with Gasteiger partial charge in [0.05, 0.1) is 61.1 Å². The molecule has 0 unspecified atom stereocenters. The molecule has 8 aromatic carbocycles. The Morgan fingerprint density at radius 2 is 0.581 bits per heavy atom. The molecule has 0 saturated carbocycles. The first-order valence-electron chi connectivity index (χ1n) is 40.2. The van der Waals surface area contributed by atoms with Crippen molar-refractivity contribution in [2.45, 2.75) is 79.1 Å². The summed E-state index contributed by atoms with van der Waals surface area (Å²) in [6.45, 7) is 10.8. The second kappa shape index (κ2) is 67.3. The van der Waals surface area contributed by atoms with E-state index in [1.807, 2.05) is 111 Å². The van der Waals surface area contributed by atoms with E-state index in [0.717, 1.165) is 62.7 Å². The van der Waals surface area contributed by atoms with Crippen LogP contribution in [0, 0.1) is 5.92 Å². The number of nitrogens with two attached hydrogens (primary N) is 19. The fourth-order valence-electron chi connectivity index (χ4n) is 9.14. The molecular formula is C86H120Cl11N39. The lowest BCUT2D eigenvalue weighted by Crippen LogP contribution is -2.42. The summed E-state index contributed by atoms with van der Waals surface area (Å²) < 4.78 is 0. The van der Waals surface area contributed by atoms with E-state index < -0.39 is 0 Å². The van der Waals surface area contributed by atoms with Crippen LogP contribution in [0.3, 0.4) is 0 Å². The lowest BCUT2D eigenvalue weighted by atomic mass is 10.1. The molecule has 39 nitrogen and oxygen atoms in total. The summed E-state index contributed by atoms with van der Waals surface area (Å²) in [5.74, 6) is 2.72. The zero-order chi connectivity index (χ0) is 103. The quantitative estimate of drug-likeness (QED) is 0.0249. The molecule has 0 aliphatic heterocycles. The summed E-state index contributed by atoms with van der Waals surface area (Å²) in [4.78, 5) is 68.1. The molecular weight excluding hydrogens is 1970 g/mol. The van der Waals surface area contributed by atoms with Gasteiger partial charge in [0.25, 0.3) is 0 Å². The van der Waals surface area contributed by atoms with Gasteiger partial charge in [0.1, 0.15) is 5.84 Å². The van der Waals surface area contributed by atoms with Gasteiger partial charge in [-0.25, -0.2) is 30.0 Å². The van der Waals surface area contributed by atoms with Crippen molar-refractivity contribution in [3.05, 3.63) is 265 Å². The molecule has 0 saturated heterocycles. The van der Waals surface area contributed by atoms with Crippen LogP contribution < -0.4 is 114 Å². The maximum atomic E-state index is 5.90. The number of nitrogens with zero attached hydrogens (tertiary/aromatic N) is 19. The molecule has 0 atom stereocenters. The van der Waals surface area contributed by atoms with Crippen molar-refractivity contribution >= 4 is 234 Å². The average Bonchev–Trinajstić information content (AvgIpc) is 0.864. The SMILES string of the molecule is CC(C)CC(N)=NC(N)=NCCc1cccc(Cl)c1.CC(C)N=C(N)NC(N)=NCc1cccc(Cl)c1.CN(C)C(N)=NC(N)=NCCc1cccc(Cl)c1.CN(C)C(N)=NC(N)=NCc1cccc(Cl)c1.CN(C)C(N)=NC(N)=Nc1cccc(Cl)c1.NC(N)=NC(N)=NCCc1ccc(Cl)c(Cl)c1.NC(N)=NC(N)=NCc1ccc(Cl)c(Cl)c1.NC(N)=NC(N)=Nc1ccc(Cl)c(Cl)c1. The fraction of sp³-hybridized carbons (Fsp3) is 0.256. The molecule has 0 aliphatic rings. The molecule has 0 radical (unpaired) electrons. The Morgan fingerprint density at radius 1 is 0.287 bits per heavy atom. The lowest BCUT2D eigenvalue weighted by molar-refractivity contribution is 0.615. The van der Waals surface area contributed by atoms with Gasteiger partial charge in [-0.2, -0.15) is 30.0 Å². The summed E-state index contributed by atoms with van der Waals surface area (Å²) >= 11 is 64.1. The monoisotopic (exact) mass is 2080 g/mol. The average molecular weight is 2090 g/mol. The van der Waals surface area contributed by atoms with Gasteiger partial charge in [-0.3, -0.25) is 25.3 Å². The van der Waals surface area contributed by atoms with Gasteiger partial charge in [0.2, 0.25) is 41.7 Å². The maximum absolute atomic E-state index is 5.90. The molecule has 0 aromatic heterocycles. The van der Waals surface area contributed by atoms with E-state index in [2.05, 4.69) is 99.0 Å². The van der Waals surface area contributed by atoms with E-state index in [9.17, 15) is 0 Å². The molecule has 136 heavy (non-hydrogen) atoms. The molecule has 0 spiro atoms. The standard InChI is InChI=1S/C14H21ClN4.2C12H18ClN5.C11H16ClN5.C10H13Cl2N5.C10H14ClN5.C9H11Cl2N5.C8H9Cl2N5/c1-10(2)8-13(16)19-14(17)18-7-6-11-4-3-5-12(15)9-11;1-8(2)17-12(15)18-11(14)16-7-9-4-3-5-10(13)6-9;1-18(2)12(15)17-11(14)16-7-6-9-4-3-5-10(13)8-9;1-17(2)11(14)16-10(13)15-7-8-4-3-5-9(12)6-8;11-7-2-1-6(5-8(7)12)3-4-16-10(15)17-9(13)14;1-16(2)10(13)15-9(12)14-8-5-3-4-7(11)6-8;10-6-2-1-5(3-7(6)11)4-15-9(14)16-8(12)13;9-5-2-1-4(3-6(5)10)14-8(13)15-7(11)12/h3-5,9-10H,6-8H2,1-2H3,(H4,16,17,18,19);3-6,8H,7H2,1-2H3,(H5,14,15,16,17,18);3-5,8H,6-7H2,1-2H3,(H4,14,15,16,17);3-6H,7H2,1-2H3,(H4,13,14,15,16);1-2,5H,3-4H2,(H6,13,14,15,16,17);3-6H,1-2H3,(H4,12,13,14,15);1-3H,4H2,(H6,12,13,14,15,16);1-3H,(H6,11,12,13,14,15). The zero-order valence-electron chi connectivity index (χ0n) is 76.6. The number of halogens is 11. The Kier molecular flexibility index (Phi) is 59.9. The molecule has 8 aromatic rings. The van der Waals surface area contributed by atoms with Gasteiger partial charge in [-0.1, -0.05) is 208 Å². The minimum Gasteiger partial charge on any atom is -0.387 e. The minimum absolute atomic E-state index is 0.0195. The molecule has 0 fully saturated rings. The topological polar surface area (TPSA) is 714 Å². The van der Waals surface area contributed by atoms with Crippen molar-refractivity contribution in [3.8, 4) is 0 Å². The van der Waals surface area contributed by atoms with Crippen LogP contribution in [0.1, 0.15) is 67.5 Å². The minimum atomic E-state index is -0.156. The number of amidine groups is 1. The van der Waals surface area contributed by atoms with Crippen molar-refractivity contribution in [1.29, 1.82) is 0 Å². The highest BCUT2D eigenvalue weighted by Gasteiger charge is 2.08. The Hall–Kier alpha value is -12.9. The second-order valence-electron chi connectivity index (χ2n) is 28.7. The molecule has 50 heteroatoms. The van der Waals surface area contributed by atoms with Gasteiger partial charge in [-0.05, 0) is 182 Å². The second-order valence-corrected chi connectivity index (χ2v) is 33.3. The summed E-state index contributed by atoms with van der Waals surface area (Å²) in [6.07, 6.45) is 2.95. The van der Waals surface area contributed by atoms with Gasteiger partial charge >= 0.3 is 0 Å². The predicted octanol–water partition coefficient (Wildman–Crippen LogP) is 10.8. The van der Waals surface area contributed by atoms with Crippen molar-refractivity contribution in [2.24, 2.45) is 195 Å². The van der Waals surface area contributed by atoms with E-state index in [1.165, 1.54) is 0 Å². The van der Waals surface area contributed by atoms with Crippen molar-refractivity contribution < 1.29 is 0 Å². The zero-order valence-corrected chi connectivity index (χ0v) is 84.9. The third-order valence-electron chi connectivity index (χ3n) is 15.3. The highest BCUT2D eigenvalue weighted by molar-refractivity contribution is 6.43. The third kappa shape index (κ3) is 61.1. The first kappa shape index (κ1) is 121. The number of benzene rings is 8. The molecule has 0 amide bonds. The molecule has 0 bridgehead atoms. The van der Waals surface area contributed by atoms with Gasteiger partial charge in [0.15, 0.2) is 47.7 Å². The third-order valence-corrected chi connectivity index (χ3v) is 18.7.